The standard InChI is InChI=1S/C21H18ClN2O4S/c1-27-20-11-9-17(13-21(20)28-2)29(25,26)24-14-23(16-6-4-3-5-7-16)19-12-15(22)8-10-18(19)24/h3-14H,1-2H3. The summed E-state index contributed by atoms with van der Waals surface area (Å²) in [5, 5.41) is 0.517. The molecule has 0 saturated carbocycles. The number of benzene rings is 3. The average Bonchev–Trinajstić information content (AvgIpc) is 3.13. The van der Waals surface area contributed by atoms with Crippen LogP contribution in [0.1, 0.15) is 0 Å². The van der Waals surface area contributed by atoms with Gasteiger partial charge in [0.2, 0.25) is 0 Å². The highest BCUT2D eigenvalue weighted by Gasteiger charge is 2.37. The molecule has 1 heterocycles. The van der Waals surface area contributed by atoms with E-state index in [4.69, 9.17) is 21.1 Å². The Morgan fingerprint density at radius 1 is 0.828 bits per heavy atom. The molecule has 3 aromatic rings. The van der Waals surface area contributed by atoms with Crippen LogP contribution in [-0.4, -0.2) is 22.6 Å². The van der Waals surface area contributed by atoms with E-state index < -0.39 is 10.0 Å². The lowest BCUT2D eigenvalue weighted by Gasteiger charge is -2.21. The molecule has 1 aliphatic heterocycles. The minimum Gasteiger partial charge on any atom is -0.493 e. The smallest absolute Gasteiger partial charge is 0.266 e. The van der Waals surface area contributed by atoms with Gasteiger partial charge in [0.1, 0.15) is 0 Å². The van der Waals surface area contributed by atoms with Gasteiger partial charge in [0, 0.05) is 16.8 Å². The van der Waals surface area contributed by atoms with Gasteiger partial charge < -0.3 is 14.4 Å². The highest BCUT2D eigenvalue weighted by Crippen LogP contribution is 2.46. The third kappa shape index (κ3) is 3.36. The third-order valence-corrected chi connectivity index (χ3v) is 6.49. The Balaban J connectivity index is 1.81. The number of methoxy groups -OCH3 is 2. The molecule has 0 aliphatic carbocycles. The number of nitrogens with zero attached hydrogens (tertiary/aromatic N) is 2. The van der Waals surface area contributed by atoms with E-state index in [-0.39, 0.29) is 4.90 Å². The van der Waals surface area contributed by atoms with Gasteiger partial charge in [-0.15, -0.1) is 0 Å². The third-order valence-electron chi connectivity index (χ3n) is 4.60. The van der Waals surface area contributed by atoms with Gasteiger partial charge in [0.15, 0.2) is 18.2 Å². The summed E-state index contributed by atoms with van der Waals surface area (Å²) in [6.07, 6.45) is 0. The number of halogens is 1. The number of rotatable bonds is 5. The first-order valence-corrected chi connectivity index (χ1v) is 10.5. The number of ether oxygens (including phenoxy) is 2. The normalized spacial score (nSPS) is 13.3. The number of hydrogen-bond donors (Lipinski definition) is 0. The fourth-order valence-corrected chi connectivity index (χ4v) is 4.70. The maximum absolute atomic E-state index is 13.5. The molecular formula is C21H18ClN2O4S. The SMILES string of the molecule is COc1ccc(S(=O)(=O)N2[CH]N(c3ccccc3)c3cc(Cl)ccc32)cc1OC. The van der Waals surface area contributed by atoms with Gasteiger partial charge in [0.25, 0.3) is 10.0 Å². The largest absolute Gasteiger partial charge is 0.493 e. The van der Waals surface area contributed by atoms with Crippen molar-refractivity contribution in [2.45, 2.75) is 4.90 Å². The number of para-hydroxylation sites is 1. The molecule has 0 fully saturated rings. The summed E-state index contributed by atoms with van der Waals surface area (Å²) in [5.41, 5.74) is 2.00. The van der Waals surface area contributed by atoms with E-state index in [1.165, 1.54) is 30.7 Å². The molecule has 8 heteroatoms. The molecule has 149 valence electrons. The minimum atomic E-state index is -3.91. The van der Waals surface area contributed by atoms with Crippen molar-refractivity contribution in [1.29, 1.82) is 0 Å². The zero-order valence-electron chi connectivity index (χ0n) is 15.7. The van der Waals surface area contributed by atoms with E-state index in [0.29, 0.717) is 27.9 Å². The van der Waals surface area contributed by atoms with Crippen LogP contribution in [0.25, 0.3) is 0 Å². The number of fused-ring (bicyclic) bond motifs is 1. The maximum atomic E-state index is 13.5. The van der Waals surface area contributed by atoms with Gasteiger partial charge in [-0.1, -0.05) is 29.8 Å². The van der Waals surface area contributed by atoms with Gasteiger partial charge in [-0.2, -0.15) is 0 Å². The molecule has 0 aromatic heterocycles. The second-order valence-corrected chi connectivity index (χ2v) is 8.52. The van der Waals surface area contributed by atoms with Crippen molar-refractivity contribution in [2.75, 3.05) is 23.4 Å². The summed E-state index contributed by atoms with van der Waals surface area (Å²) in [6, 6.07) is 19.1. The van der Waals surface area contributed by atoms with Gasteiger partial charge in [-0.3, -0.25) is 0 Å². The van der Waals surface area contributed by atoms with Gasteiger partial charge >= 0.3 is 0 Å². The van der Waals surface area contributed by atoms with Crippen LogP contribution in [0.3, 0.4) is 0 Å². The second kappa shape index (κ2) is 7.50. The topological polar surface area (TPSA) is 59.1 Å². The zero-order valence-corrected chi connectivity index (χ0v) is 17.3. The molecule has 0 unspecified atom stereocenters. The van der Waals surface area contributed by atoms with E-state index >= 15 is 0 Å². The fraction of sp³-hybridized carbons (Fsp3) is 0.0952. The van der Waals surface area contributed by atoms with Crippen LogP contribution in [0.15, 0.2) is 71.6 Å². The van der Waals surface area contributed by atoms with Crippen LogP contribution < -0.4 is 18.7 Å². The second-order valence-electron chi connectivity index (χ2n) is 6.27. The predicted octanol–water partition coefficient (Wildman–Crippen LogP) is 4.82. The molecular weight excluding hydrogens is 412 g/mol. The Kier molecular flexibility index (Phi) is 5.02. The van der Waals surface area contributed by atoms with Crippen LogP contribution in [0, 0.1) is 6.67 Å². The molecule has 1 radical (unpaired) electrons. The molecule has 29 heavy (non-hydrogen) atoms. The fourth-order valence-electron chi connectivity index (χ4n) is 3.18. The first-order valence-electron chi connectivity index (χ1n) is 8.71. The van der Waals surface area contributed by atoms with E-state index in [1.807, 2.05) is 30.3 Å². The molecule has 3 aromatic carbocycles. The minimum absolute atomic E-state index is 0.0854. The molecule has 0 N–H and O–H groups in total. The molecule has 0 atom stereocenters. The lowest BCUT2D eigenvalue weighted by Crippen LogP contribution is -2.29. The van der Waals surface area contributed by atoms with Crippen LogP contribution >= 0.6 is 11.6 Å². The molecule has 0 amide bonds. The number of hydrogen-bond acceptors (Lipinski definition) is 5. The lowest BCUT2D eigenvalue weighted by molar-refractivity contribution is 0.354. The number of sulfonamides is 1. The summed E-state index contributed by atoms with van der Waals surface area (Å²) in [5.74, 6) is 0.791. The Morgan fingerprint density at radius 3 is 2.24 bits per heavy atom. The summed E-state index contributed by atoms with van der Waals surface area (Å²) >= 11 is 6.19. The molecule has 6 nitrogen and oxygen atoms in total. The van der Waals surface area contributed by atoms with Crippen molar-refractivity contribution in [3.63, 3.8) is 0 Å². The number of anilines is 3. The van der Waals surface area contributed by atoms with Crippen molar-refractivity contribution in [3.8, 4) is 11.5 Å². The Labute approximate surface area is 174 Å². The molecule has 1 aliphatic rings. The monoisotopic (exact) mass is 429 g/mol. The summed E-state index contributed by atoms with van der Waals surface area (Å²) in [7, 11) is -0.945. The average molecular weight is 430 g/mol. The molecule has 0 bridgehead atoms. The van der Waals surface area contributed by atoms with Crippen LogP contribution in [-0.2, 0) is 10.0 Å². The highest BCUT2D eigenvalue weighted by atomic mass is 35.5. The molecule has 0 saturated heterocycles. The summed E-state index contributed by atoms with van der Waals surface area (Å²) < 4.78 is 38.6. The Hall–Kier alpha value is -2.90. The molecule has 0 spiro atoms. The lowest BCUT2D eigenvalue weighted by atomic mass is 10.2. The quantitative estimate of drug-likeness (QED) is 0.581. The Bertz CT molecular complexity index is 1150. The van der Waals surface area contributed by atoms with Crippen LogP contribution in [0.5, 0.6) is 11.5 Å². The maximum Gasteiger partial charge on any atom is 0.266 e. The van der Waals surface area contributed by atoms with Crippen molar-refractivity contribution >= 4 is 38.7 Å². The van der Waals surface area contributed by atoms with Crippen LogP contribution in [0.4, 0.5) is 17.1 Å². The summed E-state index contributed by atoms with van der Waals surface area (Å²) in [4.78, 5) is 1.88. The van der Waals surface area contributed by atoms with E-state index in [9.17, 15) is 8.42 Å². The molecule has 4 rings (SSSR count). The summed E-state index contributed by atoms with van der Waals surface area (Å²) in [6.45, 7) is 1.54. The first-order chi connectivity index (χ1) is 14.0. The van der Waals surface area contributed by atoms with Crippen molar-refractivity contribution in [1.82, 2.24) is 0 Å². The van der Waals surface area contributed by atoms with Gasteiger partial charge in [-0.05, 0) is 42.5 Å². The first kappa shape index (κ1) is 19.4. The zero-order chi connectivity index (χ0) is 20.6. The van der Waals surface area contributed by atoms with Gasteiger partial charge in [-0.25, -0.2) is 12.7 Å². The van der Waals surface area contributed by atoms with Crippen molar-refractivity contribution < 1.29 is 17.9 Å². The van der Waals surface area contributed by atoms with Crippen molar-refractivity contribution in [2.24, 2.45) is 0 Å². The van der Waals surface area contributed by atoms with Gasteiger partial charge in [0.05, 0.1) is 30.5 Å². The highest BCUT2D eigenvalue weighted by molar-refractivity contribution is 7.93. The van der Waals surface area contributed by atoms with E-state index in [1.54, 1.807) is 35.8 Å². The predicted molar refractivity (Wildman–Crippen MR) is 114 cm³/mol. The van der Waals surface area contributed by atoms with E-state index in [2.05, 4.69) is 0 Å². The van der Waals surface area contributed by atoms with Crippen LogP contribution in [0.2, 0.25) is 5.02 Å². The van der Waals surface area contributed by atoms with Crippen molar-refractivity contribution in [3.05, 3.63) is 78.4 Å². The van der Waals surface area contributed by atoms with E-state index in [0.717, 1.165) is 5.69 Å². The Morgan fingerprint density at radius 2 is 1.55 bits per heavy atom.